The van der Waals surface area contributed by atoms with Gasteiger partial charge in [0.1, 0.15) is 0 Å². The van der Waals surface area contributed by atoms with E-state index in [1.54, 1.807) is 11.5 Å². The van der Waals surface area contributed by atoms with Crippen molar-refractivity contribution in [2.75, 3.05) is 6.61 Å². The molecule has 0 aliphatic rings. The van der Waals surface area contributed by atoms with Gasteiger partial charge in [-0.3, -0.25) is 4.57 Å². The maximum atomic E-state index is 10.5. The molecule has 6 nitrogen and oxygen atoms in total. The number of rotatable bonds is 4. The summed E-state index contributed by atoms with van der Waals surface area (Å²) in [6.07, 6.45) is 0.549. The zero-order chi connectivity index (χ0) is 10.7. The van der Waals surface area contributed by atoms with Crippen LogP contribution in [0.1, 0.15) is 12.2 Å². The molecular formula is C7H10BrN3O3. The van der Waals surface area contributed by atoms with Gasteiger partial charge >= 0.3 is 5.82 Å². The van der Waals surface area contributed by atoms with Gasteiger partial charge < -0.3 is 15.2 Å². The Morgan fingerprint density at radius 2 is 2.36 bits per heavy atom. The van der Waals surface area contributed by atoms with Crippen molar-refractivity contribution in [1.29, 1.82) is 0 Å². The van der Waals surface area contributed by atoms with Crippen LogP contribution in [0.5, 0.6) is 0 Å². The van der Waals surface area contributed by atoms with Crippen molar-refractivity contribution >= 4 is 21.7 Å². The number of imidazole rings is 1. The minimum Gasteiger partial charge on any atom is -0.396 e. The van der Waals surface area contributed by atoms with Gasteiger partial charge in [-0.15, -0.1) is 0 Å². The summed E-state index contributed by atoms with van der Waals surface area (Å²) in [5.74, 6) is 0.387. The lowest BCUT2D eigenvalue weighted by Crippen LogP contribution is -2.02. The van der Waals surface area contributed by atoms with Crippen molar-refractivity contribution in [1.82, 2.24) is 9.55 Å². The molecule has 0 saturated heterocycles. The molecule has 0 saturated carbocycles. The number of nitro groups is 1. The molecule has 0 spiro atoms. The molecule has 0 atom stereocenters. The topological polar surface area (TPSA) is 81.2 Å². The monoisotopic (exact) mass is 263 g/mol. The van der Waals surface area contributed by atoms with E-state index in [2.05, 4.69) is 20.9 Å². The highest BCUT2D eigenvalue weighted by Crippen LogP contribution is 2.25. The minimum absolute atomic E-state index is 0.0534. The average molecular weight is 264 g/mol. The highest BCUT2D eigenvalue weighted by atomic mass is 79.9. The van der Waals surface area contributed by atoms with Gasteiger partial charge in [0.15, 0.2) is 4.60 Å². The molecule has 0 fully saturated rings. The van der Waals surface area contributed by atoms with E-state index in [-0.39, 0.29) is 12.4 Å². The van der Waals surface area contributed by atoms with Gasteiger partial charge in [0, 0.05) is 20.1 Å². The summed E-state index contributed by atoms with van der Waals surface area (Å²) in [6.45, 7) is 2.26. The predicted molar refractivity (Wildman–Crippen MR) is 53.0 cm³/mol. The fourth-order valence-corrected chi connectivity index (χ4v) is 1.79. The van der Waals surface area contributed by atoms with Crippen LogP contribution in [0.4, 0.5) is 5.82 Å². The fraction of sp³-hybridized carbons (Fsp3) is 0.571. The Hall–Kier alpha value is -0.950. The third kappa shape index (κ3) is 2.10. The van der Waals surface area contributed by atoms with Crippen LogP contribution < -0.4 is 0 Å². The molecule has 0 aromatic carbocycles. The van der Waals surface area contributed by atoms with Crippen LogP contribution in [0.15, 0.2) is 4.60 Å². The minimum atomic E-state index is -0.535. The molecule has 1 rings (SSSR count). The van der Waals surface area contributed by atoms with Crippen molar-refractivity contribution < 1.29 is 10.0 Å². The number of aliphatic hydroxyl groups is 1. The molecule has 1 aromatic rings. The van der Waals surface area contributed by atoms with E-state index in [0.29, 0.717) is 23.4 Å². The highest BCUT2D eigenvalue weighted by Gasteiger charge is 2.22. The summed E-state index contributed by atoms with van der Waals surface area (Å²) >= 11 is 3.11. The molecule has 0 bridgehead atoms. The quantitative estimate of drug-likeness (QED) is 0.655. The number of hydrogen-bond donors (Lipinski definition) is 1. The Labute approximate surface area is 88.8 Å². The first kappa shape index (κ1) is 11.1. The predicted octanol–water partition coefficient (Wildman–Crippen LogP) is 1.24. The Morgan fingerprint density at radius 1 is 1.71 bits per heavy atom. The summed E-state index contributed by atoms with van der Waals surface area (Å²) in [4.78, 5) is 13.8. The van der Waals surface area contributed by atoms with Gasteiger partial charge in [0.25, 0.3) is 0 Å². The molecule has 7 heteroatoms. The number of aryl methyl sites for hydroxylation is 1. The van der Waals surface area contributed by atoms with Crippen molar-refractivity contribution in [3.05, 3.63) is 20.5 Å². The van der Waals surface area contributed by atoms with Gasteiger partial charge in [-0.1, -0.05) is 0 Å². The number of aromatic nitrogens is 2. The number of nitrogens with zero attached hydrogens (tertiary/aromatic N) is 3. The van der Waals surface area contributed by atoms with E-state index in [9.17, 15) is 10.1 Å². The van der Waals surface area contributed by atoms with Gasteiger partial charge in [0.05, 0.1) is 0 Å². The normalized spacial score (nSPS) is 10.5. The summed E-state index contributed by atoms with van der Waals surface area (Å²) in [5, 5.41) is 19.2. The Bertz CT molecular complexity index is 350. The molecule has 78 valence electrons. The van der Waals surface area contributed by atoms with Gasteiger partial charge in [0.2, 0.25) is 5.82 Å². The van der Waals surface area contributed by atoms with E-state index in [1.165, 1.54) is 0 Å². The highest BCUT2D eigenvalue weighted by molar-refractivity contribution is 9.10. The fourth-order valence-electron chi connectivity index (χ4n) is 1.13. The lowest BCUT2D eigenvalue weighted by atomic mass is 10.4. The third-order valence-electron chi connectivity index (χ3n) is 1.79. The average Bonchev–Trinajstić information content (AvgIpc) is 2.40. The van der Waals surface area contributed by atoms with Crippen LogP contribution in [-0.2, 0) is 6.54 Å². The van der Waals surface area contributed by atoms with E-state index >= 15 is 0 Å². The summed E-state index contributed by atoms with van der Waals surface area (Å²) in [7, 11) is 0. The maximum Gasteiger partial charge on any atom is 0.396 e. The van der Waals surface area contributed by atoms with E-state index in [4.69, 9.17) is 5.11 Å². The molecule has 0 aliphatic heterocycles. The number of hydrogen-bond acceptors (Lipinski definition) is 4. The van der Waals surface area contributed by atoms with Crippen molar-refractivity contribution in [2.24, 2.45) is 0 Å². The molecule has 14 heavy (non-hydrogen) atoms. The van der Waals surface area contributed by atoms with E-state index in [0.717, 1.165) is 0 Å². The molecule has 1 heterocycles. The van der Waals surface area contributed by atoms with Crippen LogP contribution in [0.3, 0.4) is 0 Å². The Kier molecular flexibility index (Phi) is 3.59. The first-order chi connectivity index (χ1) is 6.57. The molecule has 0 amide bonds. The molecule has 0 unspecified atom stereocenters. The second-order valence-corrected chi connectivity index (χ2v) is 3.51. The van der Waals surface area contributed by atoms with Crippen LogP contribution >= 0.6 is 15.9 Å². The first-order valence-corrected chi connectivity index (χ1v) is 4.85. The molecular weight excluding hydrogens is 254 g/mol. The zero-order valence-electron chi connectivity index (χ0n) is 7.60. The number of aliphatic hydroxyl groups excluding tert-OH is 1. The van der Waals surface area contributed by atoms with E-state index < -0.39 is 4.92 Å². The standard InChI is InChI=1S/C7H10BrN3O3/c1-5-9-7(11(13)14)6(8)10(5)3-2-4-12/h12H,2-4H2,1H3. The summed E-state index contributed by atoms with van der Waals surface area (Å²) < 4.78 is 2.02. The summed E-state index contributed by atoms with van der Waals surface area (Å²) in [6, 6.07) is 0. The van der Waals surface area contributed by atoms with E-state index in [1.807, 2.05) is 0 Å². The van der Waals surface area contributed by atoms with Crippen LogP contribution in [-0.4, -0.2) is 26.2 Å². The molecule has 0 radical (unpaired) electrons. The molecule has 1 aromatic heterocycles. The van der Waals surface area contributed by atoms with Gasteiger partial charge in [-0.05, 0) is 32.3 Å². The van der Waals surface area contributed by atoms with Crippen LogP contribution in [0.25, 0.3) is 0 Å². The number of halogens is 1. The largest absolute Gasteiger partial charge is 0.396 e. The Balaban J connectivity index is 2.99. The van der Waals surface area contributed by atoms with Crippen molar-refractivity contribution in [3.8, 4) is 0 Å². The third-order valence-corrected chi connectivity index (χ3v) is 2.58. The van der Waals surface area contributed by atoms with Gasteiger partial charge in [-0.25, -0.2) is 0 Å². The van der Waals surface area contributed by atoms with Crippen molar-refractivity contribution in [2.45, 2.75) is 19.9 Å². The first-order valence-electron chi connectivity index (χ1n) is 4.05. The summed E-state index contributed by atoms with van der Waals surface area (Å²) in [5.41, 5.74) is 0. The SMILES string of the molecule is Cc1nc([N+](=O)[O-])c(Br)n1CCCO. The lowest BCUT2D eigenvalue weighted by Gasteiger charge is -2.01. The lowest BCUT2D eigenvalue weighted by molar-refractivity contribution is -0.390. The molecule has 0 aliphatic carbocycles. The second kappa shape index (κ2) is 4.52. The molecule has 1 N–H and O–H groups in total. The Morgan fingerprint density at radius 3 is 2.79 bits per heavy atom. The zero-order valence-corrected chi connectivity index (χ0v) is 9.19. The van der Waals surface area contributed by atoms with Crippen LogP contribution in [0.2, 0.25) is 0 Å². The second-order valence-electron chi connectivity index (χ2n) is 2.76. The maximum absolute atomic E-state index is 10.5. The van der Waals surface area contributed by atoms with Gasteiger partial charge in [-0.2, -0.15) is 0 Å². The van der Waals surface area contributed by atoms with Crippen molar-refractivity contribution in [3.63, 3.8) is 0 Å². The van der Waals surface area contributed by atoms with Crippen LogP contribution in [0, 0.1) is 17.0 Å². The smallest absolute Gasteiger partial charge is 0.396 e.